The Kier molecular flexibility index (Phi) is 2.22. The summed E-state index contributed by atoms with van der Waals surface area (Å²) >= 11 is 3.71. The van der Waals surface area contributed by atoms with Crippen molar-refractivity contribution in [2.45, 2.75) is 30.5 Å². The zero-order valence-electron chi connectivity index (χ0n) is 7.26. The third-order valence-corrected chi connectivity index (χ3v) is 3.67. The average Bonchev–Trinajstić information content (AvgIpc) is 2.12. The molecule has 1 aromatic carbocycles. The van der Waals surface area contributed by atoms with E-state index in [1.54, 1.807) is 0 Å². The fraction of sp³-hybridized carbons (Fsp3) is 0.455. The molecule has 0 saturated heterocycles. The van der Waals surface area contributed by atoms with Crippen molar-refractivity contribution in [3.8, 4) is 0 Å². The van der Waals surface area contributed by atoms with Crippen LogP contribution in [0.3, 0.4) is 0 Å². The molecule has 0 radical (unpaired) electrons. The Hall–Kier alpha value is -0.300. The third kappa shape index (κ3) is 1.31. The van der Waals surface area contributed by atoms with Crippen LogP contribution in [0.4, 0.5) is 0 Å². The van der Waals surface area contributed by atoms with Crippen molar-refractivity contribution in [2.75, 3.05) is 0 Å². The van der Waals surface area contributed by atoms with Crippen LogP contribution in [-0.4, -0.2) is 0 Å². The molecule has 1 aliphatic rings. The van der Waals surface area contributed by atoms with Crippen LogP contribution >= 0.6 is 15.9 Å². The maximum atomic E-state index is 3.71. The second kappa shape index (κ2) is 3.21. The van der Waals surface area contributed by atoms with Crippen LogP contribution < -0.4 is 0 Å². The van der Waals surface area contributed by atoms with Gasteiger partial charge in [0.2, 0.25) is 0 Å². The van der Waals surface area contributed by atoms with E-state index in [-0.39, 0.29) is 0 Å². The minimum atomic E-state index is 0.588. The zero-order valence-corrected chi connectivity index (χ0v) is 8.84. The Morgan fingerprint density at radius 3 is 2.50 bits per heavy atom. The lowest BCUT2D eigenvalue weighted by Gasteiger charge is -2.25. The van der Waals surface area contributed by atoms with Gasteiger partial charge in [-0.3, -0.25) is 0 Å². The number of hydrogen-bond donors (Lipinski definition) is 0. The summed E-state index contributed by atoms with van der Waals surface area (Å²) in [5.74, 6) is 0.745. The summed E-state index contributed by atoms with van der Waals surface area (Å²) in [6.45, 7) is 2.32. The highest BCUT2D eigenvalue weighted by atomic mass is 79.9. The Labute approximate surface area is 82.1 Å². The molecule has 1 aromatic rings. The van der Waals surface area contributed by atoms with Gasteiger partial charge in [-0.2, -0.15) is 0 Å². The van der Waals surface area contributed by atoms with Gasteiger partial charge in [0.15, 0.2) is 0 Å². The average molecular weight is 225 g/mol. The van der Waals surface area contributed by atoms with Crippen LogP contribution in [0.5, 0.6) is 0 Å². The van der Waals surface area contributed by atoms with Gasteiger partial charge in [-0.15, -0.1) is 0 Å². The Bertz CT molecular complexity index is 251. The molecule has 0 heterocycles. The molecule has 0 aromatic heterocycles. The van der Waals surface area contributed by atoms with Crippen molar-refractivity contribution in [3.63, 3.8) is 0 Å². The van der Waals surface area contributed by atoms with E-state index in [1.165, 1.54) is 24.0 Å². The first kappa shape index (κ1) is 8.31. The van der Waals surface area contributed by atoms with Gasteiger partial charge in [0.05, 0.1) is 0 Å². The zero-order chi connectivity index (χ0) is 8.55. The van der Waals surface area contributed by atoms with E-state index in [1.807, 2.05) is 0 Å². The molecule has 2 rings (SSSR count). The highest BCUT2D eigenvalue weighted by Gasteiger charge is 2.21. The lowest BCUT2D eigenvalue weighted by molar-refractivity contribution is 0.587. The van der Waals surface area contributed by atoms with Crippen LogP contribution in [0.1, 0.15) is 41.6 Å². The quantitative estimate of drug-likeness (QED) is 0.585. The van der Waals surface area contributed by atoms with Crippen molar-refractivity contribution < 1.29 is 0 Å². The molecule has 2 atom stereocenters. The van der Waals surface area contributed by atoms with E-state index in [0.717, 1.165) is 5.92 Å². The summed E-state index contributed by atoms with van der Waals surface area (Å²) in [6.07, 6.45) is 2.59. The molecule has 1 heteroatoms. The summed E-state index contributed by atoms with van der Waals surface area (Å²) in [6, 6.07) is 8.77. The highest BCUT2D eigenvalue weighted by molar-refractivity contribution is 9.09. The maximum Gasteiger partial charge on any atom is 0.0398 e. The van der Waals surface area contributed by atoms with E-state index < -0.39 is 0 Å². The minimum Gasteiger partial charge on any atom is -0.0839 e. The molecule has 0 N–H and O–H groups in total. The lowest BCUT2D eigenvalue weighted by atomic mass is 9.84. The van der Waals surface area contributed by atoms with Crippen LogP contribution in [-0.2, 0) is 0 Å². The van der Waals surface area contributed by atoms with Gasteiger partial charge in [0, 0.05) is 4.83 Å². The number of alkyl halides is 1. The molecule has 0 spiro atoms. The first-order valence-electron chi connectivity index (χ1n) is 4.52. The first-order valence-corrected chi connectivity index (χ1v) is 5.43. The molecule has 0 bridgehead atoms. The number of benzene rings is 1. The second-order valence-corrected chi connectivity index (χ2v) is 4.68. The van der Waals surface area contributed by atoms with Crippen LogP contribution in [0.2, 0.25) is 0 Å². The number of fused-ring (bicyclic) bond motifs is 1. The fourth-order valence-electron chi connectivity index (χ4n) is 1.95. The maximum absolute atomic E-state index is 3.71. The SMILES string of the molecule is CC1CCC(Br)c2ccccc21. The summed E-state index contributed by atoms with van der Waals surface area (Å²) < 4.78 is 0. The first-order chi connectivity index (χ1) is 5.79. The van der Waals surface area contributed by atoms with Gasteiger partial charge in [-0.25, -0.2) is 0 Å². The number of rotatable bonds is 0. The third-order valence-electron chi connectivity index (χ3n) is 2.72. The standard InChI is InChI=1S/C11H13Br/c1-8-6-7-11(12)10-5-3-2-4-9(8)10/h2-5,8,11H,6-7H2,1H3. The molecular weight excluding hydrogens is 212 g/mol. The Balaban J connectivity index is 2.47. The Morgan fingerprint density at radius 2 is 1.83 bits per heavy atom. The minimum absolute atomic E-state index is 0.588. The van der Waals surface area contributed by atoms with Crippen molar-refractivity contribution in [1.29, 1.82) is 0 Å². The summed E-state index contributed by atoms with van der Waals surface area (Å²) in [4.78, 5) is 0.588. The summed E-state index contributed by atoms with van der Waals surface area (Å²) in [5, 5.41) is 0. The van der Waals surface area contributed by atoms with Crippen molar-refractivity contribution in [1.82, 2.24) is 0 Å². The molecular formula is C11H13Br. The van der Waals surface area contributed by atoms with E-state index in [9.17, 15) is 0 Å². The van der Waals surface area contributed by atoms with E-state index in [4.69, 9.17) is 0 Å². The molecule has 2 unspecified atom stereocenters. The topological polar surface area (TPSA) is 0 Å². The van der Waals surface area contributed by atoms with Crippen molar-refractivity contribution in [2.24, 2.45) is 0 Å². The van der Waals surface area contributed by atoms with Crippen molar-refractivity contribution in [3.05, 3.63) is 35.4 Å². The molecule has 0 amide bonds. The van der Waals surface area contributed by atoms with Gasteiger partial charge < -0.3 is 0 Å². The van der Waals surface area contributed by atoms with Crippen molar-refractivity contribution >= 4 is 15.9 Å². The van der Waals surface area contributed by atoms with E-state index in [2.05, 4.69) is 47.1 Å². The van der Waals surface area contributed by atoms with Crippen LogP contribution in [0.15, 0.2) is 24.3 Å². The molecule has 0 saturated carbocycles. The predicted molar refractivity (Wildman–Crippen MR) is 55.8 cm³/mol. The van der Waals surface area contributed by atoms with Gasteiger partial charge in [-0.05, 0) is 29.9 Å². The second-order valence-electron chi connectivity index (χ2n) is 3.57. The number of hydrogen-bond acceptors (Lipinski definition) is 0. The highest BCUT2D eigenvalue weighted by Crippen LogP contribution is 2.41. The van der Waals surface area contributed by atoms with Gasteiger partial charge in [0.1, 0.15) is 0 Å². The molecule has 0 nitrogen and oxygen atoms in total. The van der Waals surface area contributed by atoms with Crippen LogP contribution in [0, 0.1) is 0 Å². The van der Waals surface area contributed by atoms with Gasteiger partial charge in [0.25, 0.3) is 0 Å². The van der Waals surface area contributed by atoms with E-state index in [0.29, 0.717) is 4.83 Å². The van der Waals surface area contributed by atoms with Gasteiger partial charge >= 0.3 is 0 Å². The summed E-state index contributed by atoms with van der Waals surface area (Å²) in [7, 11) is 0. The monoisotopic (exact) mass is 224 g/mol. The lowest BCUT2D eigenvalue weighted by Crippen LogP contribution is -2.08. The predicted octanol–water partition coefficient (Wildman–Crippen LogP) is 4.02. The molecule has 0 fully saturated rings. The normalized spacial score (nSPS) is 28.2. The molecule has 12 heavy (non-hydrogen) atoms. The van der Waals surface area contributed by atoms with Gasteiger partial charge in [-0.1, -0.05) is 47.1 Å². The molecule has 64 valence electrons. The largest absolute Gasteiger partial charge is 0.0839 e. The van der Waals surface area contributed by atoms with Crippen LogP contribution in [0.25, 0.3) is 0 Å². The molecule has 1 aliphatic carbocycles. The Morgan fingerprint density at radius 1 is 1.17 bits per heavy atom. The van der Waals surface area contributed by atoms with E-state index >= 15 is 0 Å². The molecule has 0 aliphatic heterocycles. The smallest absolute Gasteiger partial charge is 0.0398 e. The number of halogens is 1. The summed E-state index contributed by atoms with van der Waals surface area (Å²) in [5.41, 5.74) is 3.03. The fourth-order valence-corrected chi connectivity index (χ4v) is 2.63.